The number of anilines is 1. The zero-order valence-corrected chi connectivity index (χ0v) is 11.0. The van der Waals surface area contributed by atoms with E-state index < -0.39 is 0 Å². The Hall–Kier alpha value is -0.690. The maximum absolute atomic E-state index is 5.66. The fraction of sp³-hybridized carbons (Fsp3) is 0.727. The minimum atomic E-state index is 0.412. The van der Waals surface area contributed by atoms with Gasteiger partial charge < -0.3 is 4.74 Å². The third-order valence-electron chi connectivity index (χ3n) is 2.99. The lowest BCUT2D eigenvalue weighted by Crippen LogP contribution is -2.31. The third-order valence-corrected chi connectivity index (χ3v) is 3.90. The van der Waals surface area contributed by atoms with E-state index >= 15 is 0 Å². The number of nitrogen functional groups attached to an aromatic ring is 1. The van der Waals surface area contributed by atoms with Gasteiger partial charge in [-0.3, -0.25) is 10.3 Å². The highest BCUT2D eigenvalue weighted by Gasteiger charge is 2.18. The van der Waals surface area contributed by atoms with Gasteiger partial charge in [0.15, 0.2) is 5.13 Å². The van der Waals surface area contributed by atoms with Crippen LogP contribution in [0.15, 0.2) is 6.20 Å². The standard InChI is InChI=1S/C11H20N4OS/c1-2-15(7-9-4-3-5-16-9)8-10-6-13-11(14-12)17-10/h6,9H,2-5,7-8,12H2,1H3,(H,13,14). The van der Waals surface area contributed by atoms with Crippen molar-refractivity contribution in [2.24, 2.45) is 5.84 Å². The molecule has 0 aromatic carbocycles. The molecule has 1 fully saturated rings. The predicted octanol–water partition coefficient (Wildman–Crippen LogP) is 1.43. The molecule has 0 bridgehead atoms. The zero-order chi connectivity index (χ0) is 12.1. The van der Waals surface area contributed by atoms with Crippen LogP contribution in [0.1, 0.15) is 24.6 Å². The molecule has 1 aromatic heterocycles. The van der Waals surface area contributed by atoms with E-state index in [1.165, 1.54) is 17.7 Å². The van der Waals surface area contributed by atoms with E-state index in [4.69, 9.17) is 10.6 Å². The Bertz CT molecular complexity index is 338. The zero-order valence-electron chi connectivity index (χ0n) is 10.2. The minimum absolute atomic E-state index is 0.412. The van der Waals surface area contributed by atoms with E-state index in [1.807, 2.05) is 6.20 Å². The average molecular weight is 256 g/mol. The summed E-state index contributed by atoms with van der Waals surface area (Å²) >= 11 is 1.60. The summed E-state index contributed by atoms with van der Waals surface area (Å²) in [4.78, 5) is 7.81. The van der Waals surface area contributed by atoms with Crippen molar-refractivity contribution in [3.63, 3.8) is 0 Å². The molecule has 1 aliphatic heterocycles. The first-order valence-electron chi connectivity index (χ1n) is 6.07. The number of hydrazine groups is 1. The van der Waals surface area contributed by atoms with E-state index in [0.29, 0.717) is 6.10 Å². The Kier molecular flexibility index (Phi) is 4.73. The first kappa shape index (κ1) is 12.8. The van der Waals surface area contributed by atoms with Gasteiger partial charge in [0.05, 0.1) is 6.10 Å². The lowest BCUT2D eigenvalue weighted by Gasteiger charge is -2.22. The maximum atomic E-state index is 5.66. The van der Waals surface area contributed by atoms with E-state index in [1.54, 1.807) is 11.3 Å². The van der Waals surface area contributed by atoms with Crippen LogP contribution < -0.4 is 11.3 Å². The predicted molar refractivity (Wildman–Crippen MR) is 69.8 cm³/mol. The van der Waals surface area contributed by atoms with Gasteiger partial charge in [-0.15, -0.1) is 0 Å². The largest absolute Gasteiger partial charge is 0.377 e. The molecular weight excluding hydrogens is 236 g/mol. The molecule has 2 rings (SSSR count). The van der Waals surface area contributed by atoms with Crippen LogP contribution in [0.2, 0.25) is 0 Å². The molecule has 6 heteroatoms. The summed E-state index contributed by atoms with van der Waals surface area (Å²) in [5, 5.41) is 0.771. The van der Waals surface area contributed by atoms with Gasteiger partial charge in [0.2, 0.25) is 0 Å². The van der Waals surface area contributed by atoms with Crippen molar-refractivity contribution in [2.45, 2.75) is 32.4 Å². The Morgan fingerprint density at radius 3 is 3.18 bits per heavy atom. The summed E-state index contributed by atoms with van der Waals surface area (Å²) in [5.41, 5.74) is 2.58. The van der Waals surface area contributed by atoms with Crippen molar-refractivity contribution in [3.05, 3.63) is 11.1 Å². The molecule has 0 aliphatic carbocycles. The number of rotatable bonds is 6. The molecular formula is C11H20N4OS. The van der Waals surface area contributed by atoms with Crippen LogP contribution in [0.3, 0.4) is 0 Å². The van der Waals surface area contributed by atoms with E-state index in [2.05, 4.69) is 22.2 Å². The van der Waals surface area contributed by atoms with Gasteiger partial charge in [-0.1, -0.05) is 18.3 Å². The van der Waals surface area contributed by atoms with Crippen LogP contribution in [0.4, 0.5) is 5.13 Å². The molecule has 96 valence electrons. The number of nitrogens with one attached hydrogen (secondary N) is 1. The number of likely N-dealkylation sites (N-methyl/N-ethyl adjacent to an activating group) is 1. The van der Waals surface area contributed by atoms with Gasteiger partial charge in [-0.05, 0) is 19.4 Å². The van der Waals surface area contributed by atoms with Gasteiger partial charge in [0, 0.05) is 30.8 Å². The number of ether oxygens (including phenoxy) is 1. The molecule has 3 N–H and O–H groups in total. The van der Waals surface area contributed by atoms with Crippen LogP contribution >= 0.6 is 11.3 Å². The summed E-state index contributed by atoms with van der Waals surface area (Å²) in [6.07, 6.45) is 4.69. The summed E-state index contributed by atoms with van der Waals surface area (Å²) < 4.78 is 5.66. The fourth-order valence-corrected chi connectivity index (χ4v) is 2.81. The fourth-order valence-electron chi connectivity index (χ4n) is 2.05. The number of aromatic nitrogens is 1. The van der Waals surface area contributed by atoms with Crippen molar-refractivity contribution < 1.29 is 4.74 Å². The van der Waals surface area contributed by atoms with E-state index in [-0.39, 0.29) is 0 Å². The van der Waals surface area contributed by atoms with Crippen LogP contribution in [-0.4, -0.2) is 35.7 Å². The van der Waals surface area contributed by atoms with Gasteiger partial charge in [-0.2, -0.15) is 0 Å². The minimum Gasteiger partial charge on any atom is -0.377 e. The number of hydrogen-bond acceptors (Lipinski definition) is 6. The molecule has 1 saturated heterocycles. The van der Waals surface area contributed by atoms with Crippen molar-refractivity contribution in [1.29, 1.82) is 0 Å². The summed E-state index contributed by atoms with van der Waals surface area (Å²) in [7, 11) is 0. The molecule has 1 atom stereocenters. The Morgan fingerprint density at radius 2 is 2.59 bits per heavy atom. The first-order chi connectivity index (χ1) is 8.31. The molecule has 0 amide bonds. The van der Waals surface area contributed by atoms with Crippen molar-refractivity contribution in [1.82, 2.24) is 9.88 Å². The molecule has 17 heavy (non-hydrogen) atoms. The Balaban J connectivity index is 1.85. The average Bonchev–Trinajstić information content (AvgIpc) is 2.99. The van der Waals surface area contributed by atoms with Crippen molar-refractivity contribution >= 4 is 16.5 Å². The van der Waals surface area contributed by atoms with Crippen LogP contribution in [0, 0.1) is 0 Å². The second kappa shape index (κ2) is 6.30. The third kappa shape index (κ3) is 3.64. The molecule has 2 heterocycles. The quantitative estimate of drug-likeness (QED) is 0.595. The normalized spacial score (nSPS) is 20.1. The van der Waals surface area contributed by atoms with Gasteiger partial charge >= 0.3 is 0 Å². The number of hydrogen-bond donors (Lipinski definition) is 2. The van der Waals surface area contributed by atoms with Crippen LogP contribution in [0.5, 0.6) is 0 Å². The van der Waals surface area contributed by atoms with Gasteiger partial charge in [-0.25, -0.2) is 10.8 Å². The molecule has 1 aliphatic rings. The van der Waals surface area contributed by atoms with E-state index in [0.717, 1.165) is 31.4 Å². The highest BCUT2D eigenvalue weighted by Crippen LogP contribution is 2.20. The van der Waals surface area contributed by atoms with Crippen molar-refractivity contribution in [3.8, 4) is 0 Å². The Labute approximate surface area is 106 Å². The topological polar surface area (TPSA) is 63.4 Å². The number of thiazole rings is 1. The van der Waals surface area contributed by atoms with Gasteiger partial charge in [0.25, 0.3) is 0 Å². The maximum Gasteiger partial charge on any atom is 0.197 e. The smallest absolute Gasteiger partial charge is 0.197 e. The highest BCUT2D eigenvalue weighted by atomic mass is 32.1. The van der Waals surface area contributed by atoms with Gasteiger partial charge in [0.1, 0.15) is 0 Å². The molecule has 5 nitrogen and oxygen atoms in total. The van der Waals surface area contributed by atoms with Crippen LogP contribution in [-0.2, 0) is 11.3 Å². The molecule has 0 saturated carbocycles. The molecule has 1 aromatic rings. The van der Waals surface area contributed by atoms with E-state index in [9.17, 15) is 0 Å². The summed E-state index contributed by atoms with van der Waals surface area (Å²) in [6.45, 7) is 6.07. The second-order valence-corrected chi connectivity index (χ2v) is 5.35. The van der Waals surface area contributed by atoms with Crippen LogP contribution in [0.25, 0.3) is 0 Å². The first-order valence-corrected chi connectivity index (χ1v) is 6.88. The second-order valence-electron chi connectivity index (χ2n) is 4.24. The number of nitrogens with zero attached hydrogens (tertiary/aromatic N) is 2. The molecule has 1 unspecified atom stereocenters. The summed E-state index contributed by atoms with van der Waals surface area (Å²) in [6, 6.07) is 0. The monoisotopic (exact) mass is 256 g/mol. The lowest BCUT2D eigenvalue weighted by atomic mass is 10.2. The highest BCUT2D eigenvalue weighted by molar-refractivity contribution is 7.15. The SMILES string of the molecule is CCN(Cc1cnc(NN)s1)CC1CCCO1. The molecule has 0 radical (unpaired) electrons. The lowest BCUT2D eigenvalue weighted by molar-refractivity contribution is 0.0728. The summed E-state index contributed by atoms with van der Waals surface area (Å²) in [5.74, 6) is 5.32. The number of nitrogens with two attached hydrogens (primary N) is 1. The molecule has 0 spiro atoms. The van der Waals surface area contributed by atoms with Crippen molar-refractivity contribution in [2.75, 3.05) is 25.1 Å². The Morgan fingerprint density at radius 1 is 1.71 bits per heavy atom.